The van der Waals surface area contributed by atoms with Crippen LogP contribution < -0.4 is 16.1 Å². The van der Waals surface area contributed by atoms with Gasteiger partial charge in [0.2, 0.25) is 0 Å². The summed E-state index contributed by atoms with van der Waals surface area (Å²) in [6.07, 6.45) is 5.10. The predicted octanol–water partition coefficient (Wildman–Crippen LogP) is 2.93. The number of nitrogens with one attached hydrogen (secondary N) is 3. The van der Waals surface area contributed by atoms with Crippen LogP contribution in [0.15, 0.2) is 67.3 Å². The number of benzene rings is 2. The van der Waals surface area contributed by atoms with Crippen LogP contribution in [0.1, 0.15) is 35.8 Å². The minimum absolute atomic E-state index is 0.0768. The Morgan fingerprint density at radius 3 is 2.85 bits per heavy atom. The lowest BCUT2D eigenvalue weighted by Crippen LogP contribution is -2.57. The Morgan fingerprint density at radius 1 is 1.18 bits per heavy atom. The van der Waals surface area contributed by atoms with Gasteiger partial charge in [0, 0.05) is 37.3 Å². The number of anilines is 1. The molecule has 1 aliphatic heterocycles. The van der Waals surface area contributed by atoms with Gasteiger partial charge in [0.05, 0.1) is 23.4 Å². The standard InChI is InChI=1S/C25H28N8O/c1-17-13-26-10-11-33(17)31-25(34)20-8-9-21-22(12-20)32(16-28-21)24-15-27-14-23(30-24)29-18(2)19-6-4-3-5-7-19/h3-9,12,14-18,26H,10-11,13H2,1-2H3,(H,29,30)(H,31,34)/t17?,18-/m0/s1. The molecule has 1 saturated heterocycles. The van der Waals surface area contributed by atoms with Gasteiger partial charge in [-0.25, -0.2) is 15.0 Å². The average molecular weight is 457 g/mol. The van der Waals surface area contributed by atoms with Gasteiger partial charge in [0.15, 0.2) is 5.82 Å². The SMILES string of the molecule is CC1CNCCN1NC(=O)c1ccc2ncn(-c3cncc(N[C@@H](C)c4ccccc4)n3)c2c1. The van der Waals surface area contributed by atoms with E-state index in [2.05, 4.69) is 52.0 Å². The third-order valence-electron chi connectivity index (χ3n) is 6.09. The van der Waals surface area contributed by atoms with E-state index < -0.39 is 0 Å². The number of imidazole rings is 1. The molecule has 34 heavy (non-hydrogen) atoms. The van der Waals surface area contributed by atoms with E-state index in [0.717, 1.165) is 36.2 Å². The first kappa shape index (κ1) is 22.0. The van der Waals surface area contributed by atoms with Gasteiger partial charge in [-0.05, 0) is 37.6 Å². The number of aromatic nitrogens is 4. The first-order chi connectivity index (χ1) is 16.6. The number of piperazine rings is 1. The fraction of sp³-hybridized carbons (Fsp3) is 0.280. The van der Waals surface area contributed by atoms with Gasteiger partial charge < -0.3 is 10.6 Å². The normalized spacial score (nSPS) is 17.4. The molecular formula is C25H28N8O. The van der Waals surface area contributed by atoms with Crippen molar-refractivity contribution in [1.29, 1.82) is 0 Å². The van der Waals surface area contributed by atoms with Crippen molar-refractivity contribution in [2.24, 2.45) is 0 Å². The molecule has 0 radical (unpaired) electrons. The average Bonchev–Trinajstić information content (AvgIpc) is 3.29. The molecule has 2 aromatic carbocycles. The van der Waals surface area contributed by atoms with Crippen molar-refractivity contribution in [2.75, 3.05) is 25.0 Å². The predicted molar refractivity (Wildman–Crippen MR) is 132 cm³/mol. The molecule has 9 nitrogen and oxygen atoms in total. The van der Waals surface area contributed by atoms with Crippen molar-refractivity contribution in [1.82, 2.24) is 35.3 Å². The van der Waals surface area contributed by atoms with Crippen molar-refractivity contribution in [2.45, 2.75) is 25.9 Å². The number of carbonyl (C=O) groups excluding carboxylic acids is 1. The molecule has 174 valence electrons. The Bertz CT molecular complexity index is 1290. The van der Waals surface area contributed by atoms with Crippen LogP contribution >= 0.6 is 0 Å². The van der Waals surface area contributed by atoms with Crippen LogP contribution in [0.25, 0.3) is 16.9 Å². The van der Waals surface area contributed by atoms with Gasteiger partial charge in [-0.15, -0.1) is 0 Å². The highest BCUT2D eigenvalue weighted by molar-refractivity contribution is 5.97. The molecule has 2 aromatic heterocycles. The Labute approximate surface area is 198 Å². The van der Waals surface area contributed by atoms with Crippen LogP contribution in [0.5, 0.6) is 0 Å². The maximum Gasteiger partial charge on any atom is 0.265 e. The zero-order valence-electron chi connectivity index (χ0n) is 19.3. The summed E-state index contributed by atoms with van der Waals surface area (Å²) in [7, 11) is 0. The molecular weight excluding hydrogens is 428 g/mol. The molecule has 0 saturated carbocycles. The zero-order chi connectivity index (χ0) is 23.5. The fourth-order valence-corrected chi connectivity index (χ4v) is 4.12. The van der Waals surface area contributed by atoms with E-state index in [-0.39, 0.29) is 18.0 Å². The van der Waals surface area contributed by atoms with E-state index in [0.29, 0.717) is 17.2 Å². The molecule has 1 unspecified atom stereocenters. The van der Waals surface area contributed by atoms with E-state index in [9.17, 15) is 4.79 Å². The molecule has 5 rings (SSSR count). The summed E-state index contributed by atoms with van der Waals surface area (Å²) >= 11 is 0. The number of amides is 1. The van der Waals surface area contributed by atoms with E-state index in [1.807, 2.05) is 39.9 Å². The summed E-state index contributed by atoms with van der Waals surface area (Å²) in [5, 5.41) is 8.71. The van der Waals surface area contributed by atoms with E-state index >= 15 is 0 Å². The Kier molecular flexibility index (Phi) is 6.20. The van der Waals surface area contributed by atoms with Crippen molar-refractivity contribution in [3.05, 3.63) is 78.4 Å². The summed E-state index contributed by atoms with van der Waals surface area (Å²) in [6.45, 7) is 6.63. The monoisotopic (exact) mass is 456 g/mol. The zero-order valence-corrected chi connectivity index (χ0v) is 19.3. The third-order valence-corrected chi connectivity index (χ3v) is 6.09. The van der Waals surface area contributed by atoms with E-state index in [1.54, 1.807) is 24.8 Å². The highest BCUT2D eigenvalue weighted by atomic mass is 16.2. The first-order valence-corrected chi connectivity index (χ1v) is 11.5. The second kappa shape index (κ2) is 9.58. The van der Waals surface area contributed by atoms with E-state index in [1.165, 1.54) is 0 Å². The lowest BCUT2D eigenvalue weighted by Gasteiger charge is -2.33. The maximum atomic E-state index is 12.9. The summed E-state index contributed by atoms with van der Waals surface area (Å²) in [5.41, 5.74) is 6.34. The summed E-state index contributed by atoms with van der Waals surface area (Å²) < 4.78 is 1.85. The molecule has 3 N–H and O–H groups in total. The molecule has 2 atom stereocenters. The number of nitrogens with zero attached hydrogens (tertiary/aromatic N) is 5. The van der Waals surface area contributed by atoms with Gasteiger partial charge >= 0.3 is 0 Å². The number of hydrazine groups is 1. The number of hydrogen-bond donors (Lipinski definition) is 3. The molecule has 1 aliphatic rings. The van der Waals surface area contributed by atoms with Gasteiger partial charge in [-0.1, -0.05) is 30.3 Å². The number of hydrogen-bond acceptors (Lipinski definition) is 7. The molecule has 0 spiro atoms. The molecule has 0 aliphatic carbocycles. The van der Waals surface area contributed by atoms with Gasteiger partial charge in [-0.2, -0.15) is 0 Å². The molecule has 4 aromatic rings. The quantitative estimate of drug-likeness (QED) is 0.410. The summed E-state index contributed by atoms with van der Waals surface area (Å²) in [6, 6.07) is 16.0. The Morgan fingerprint density at radius 2 is 2.03 bits per heavy atom. The fourth-order valence-electron chi connectivity index (χ4n) is 4.12. The second-order valence-electron chi connectivity index (χ2n) is 8.54. The van der Waals surface area contributed by atoms with Crippen LogP contribution in [0.3, 0.4) is 0 Å². The molecule has 1 amide bonds. The van der Waals surface area contributed by atoms with Crippen LogP contribution in [-0.2, 0) is 0 Å². The molecule has 9 heteroatoms. The second-order valence-corrected chi connectivity index (χ2v) is 8.54. The summed E-state index contributed by atoms with van der Waals surface area (Å²) in [4.78, 5) is 26.5. The van der Waals surface area contributed by atoms with Crippen LogP contribution in [0, 0.1) is 0 Å². The highest BCUT2D eigenvalue weighted by Crippen LogP contribution is 2.21. The molecule has 1 fully saturated rings. The maximum absolute atomic E-state index is 12.9. The van der Waals surface area contributed by atoms with Crippen LogP contribution in [0.2, 0.25) is 0 Å². The van der Waals surface area contributed by atoms with Crippen LogP contribution in [-0.4, -0.2) is 56.1 Å². The minimum atomic E-state index is -0.137. The Hall–Kier alpha value is -3.82. The van der Waals surface area contributed by atoms with E-state index in [4.69, 9.17) is 4.98 Å². The van der Waals surface area contributed by atoms with Crippen molar-refractivity contribution in [3.63, 3.8) is 0 Å². The lowest BCUT2D eigenvalue weighted by molar-refractivity contribution is 0.0647. The minimum Gasteiger partial charge on any atom is -0.362 e. The topological polar surface area (TPSA) is 100 Å². The largest absolute Gasteiger partial charge is 0.362 e. The lowest BCUT2D eigenvalue weighted by atomic mass is 10.1. The van der Waals surface area contributed by atoms with Gasteiger partial charge in [0.1, 0.15) is 12.1 Å². The third kappa shape index (κ3) is 4.61. The van der Waals surface area contributed by atoms with Crippen molar-refractivity contribution >= 4 is 22.8 Å². The van der Waals surface area contributed by atoms with Crippen molar-refractivity contribution in [3.8, 4) is 5.82 Å². The Balaban J connectivity index is 1.39. The number of carbonyl (C=O) groups is 1. The number of fused-ring (bicyclic) bond motifs is 1. The molecule has 3 heterocycles. The van der Waals surface area contributed by atoms with Crippen LogP contribution in [0.4, 0.5) is 5.82 Å². The summed E-state index contributed by atoms with van der Waals surface area (Å²) in [5.74, 6) is 1.15. The highest BCUT2D eigenvalue weighted by Gasteiger charge is 2.21. The van der Waals surface area contributed by atoms with Gasteiger partial charge in [0.25, 0.3) is 5.91 Å². The molecule has 0 bridgehead atoms. The number of rotatable bonds is 6. The van der Waals surface area contributed by atoms with Gasteiger partial charge in [-0.3, -0.25) is 19.8 Å². The smallest absolute Gasteiger partial charge is 0.265 e. The first-order valence-electron chi connectivity index (χ1n) is 11.5. The van der Waals surface area contributed by atoms with Crippen molar-refractivity contribution < 1.29 is 4.79 Å².